The first-order valence-electron chi connectivity index (χ1n) is 6.07. The molecule has 0 heterocycles. The van der Waals surface area contributed by atoms with Gasteiger partial charge < -0.3 is 19.9 Å². The fourth-order valence-corrected chi connectivity index (χ4v) is 1.81. The minimum atomic E-state index is -0.542. The summed E-state index contributed by atoms with van der Waals surface area (Å²) in [6.45, 7) is 0. The van der Waals surface area contributed by atoms with Crippen molar-refractivity contribution in [2.24, 2.45) is 0 Å². The van der Waals surface area contributed by atoms with Gasteiger partial charge in [0.2, 0.25) is 0 Å². The fourth-order valence-electron chi connectivity index (χ4n) is 1.81. The number of carbonyl (C=O) groups excluding carboxylic acids is 1. The number of para-hydroxylation sites is 1. The predicted octanol–water partition coefficient (Wildman–Crippen LogP) is 2.80. The van der Waals surface area contributed by atoms with E-state index in [2.05, 4.69) is 5.32 Å². The lowest BCUT2D eigenvalue weighted by molar-refractivity contribution is 0.102. The highest BCUT2D eigenvalue weighted by Crippen LogP contribution is 2.30. The summed E-state index contributed by atoms with van der Waals surface area (Å²) in [6.07, 6.45) is 0. The lowest BCUT2D eigenvalue weighted by atomic mass is 10.1. The molecule has 2 aromatic rings. The number of hydrogen-bond donors (Lipinski definition) is 2. The zero-order chi connectivity index (χ0) is 15.4. The van der Waals surface area contributed by atoms with Gasteiger partial charge in [0.1, 0.15) is 0 Å². The van der Waals surface area contributed by atoms with Crippen molar-refractivity contribution < 1.29 is 23.8 Å². The van der Waals surface area contributed by atoms with Gasteiger partial charge in [0, 0.05) is 11.8 Å². The molecule has 0 aromatic heterocycles. The second-order valence-electron chi connectivity index (χ2n) is 4.16. The van der Waals surface area contributed by atoms with E-state index in [1.54, 1.807) is 6.07 Å². The molecular formula is C15H14FNO4. The molecule has 0 saturated heterocycles. The lowest BCUT2D eigenvalue weighted by Crippen LogP contribution is -2.12. The molecule has 0 fully saturated rings. The third-order valence-corrected chi connectivity index (χ3v) is 2.87. The summed E-state index contributed by atoms with van der Waals surface area (Å²) < 4.78 is 23.1. The van der Waals surface area contributed by atoms with Crippen LogP contribution < -0.4 is 14.8 Å². The van der Waals surface area contributed by atoms with Gasteiger partial charge >= 0.3 is 0 Å². The van der Waals surface area contributed by atoms with E-state index in [1.807, 2.05) is 0 Å². The molecular weight excluding hydrogens is 277 g/mol. The number of halogens is 1. The van der Waals surface area contributed by atoms with Crippen LogP contribution in [0.1, 0.15) is 10.4 Å². The molecule has 0 aliphatic heterocycles. The second kappa shape index (κ2) is 6.13. The van der Waals surface area contributed by atoms with Gasteiger partial charge in [-0.2, -0.15) is 0 Å². The number of ether oxygens (including phenoxy) is 2. The number of carbonyl (C=O) groups is 1. The van der Waals surface area contributed by atoms with E-state index in [1.165, 1.54) is 44.6 Å². The highest BCUT2D eigenvalue weighted by Gasteiger charge is 2.15. The summed E-state index contributed by atoms with van der Waals surface area (Å²) in [7, 11) is 2.72. The molecule has 0 atom stereocenters. The molecule has 5 nitrogen and oxygen atoms in total. The summed E-state index contributed by atoms with van der Waals surface area (Å²) >= 11 is 0. The highest BCUT2D eigenvalue weighted by atomic mass is 19.1. The van der Waals surface area contributed by atoms with Gasteiger partial charge in [0.25, 0.3) is 5.91 Å². The Kier molecular flexibility index (Phi) is 4.27. The summed E-state index contributed by atoms with van der Waals surface area (Å²) in [5.41, 5.74) is 0.401. The molecule has 2 rings (SSSR count). The third-order valence-electron chi connectivity index (χ3n) is 2.87. The summed E-state index contributed by atoms with van der Waals surface area (Å²) in [5, 5.41) is 12.5. The number of methoxy groups -OCH3 is 2. The average Bonchev–Trinajstić information content (AvgIpc) is 2.49. The molecule has 21 heavy (non-hydrogen) atoms. The molecule has 0 spiro atoms. The summed E-state index contributed by atoms with van der Waals surface area (Å²) in [4.78, 5) is 12.1. The first-order chi connectivity index (χ1) is 10.1. The van der Waals surface area contributed by atoms with Gasteiger partial charge in [-0.25, -0.2) is 4.39 Å². The number of hydrogen-bond acceptors (Lipinski definition) is 4. The summed E-state index contributed by atoms with van der Waals surface area (Å²) in [5.74, 6) is -1.12. The smallest absolute Gasteiger partial charge is 0.259 e. The van der Waals surface area contributed by atoms with Crippen molar-refractivity contribution in [2.45, 2.75) is 0 Å². The molecule has 2 aromatic carbocycles. The molecule has 2 N–H and O–H groups in total. The Balaban J connectivity index is 2.26. The highest BCUT2D eigenvalue weighted by molar-refractivity contribution is 6.06. The standard InChI is InChI=1S/C15H14FNO4/c1-20-12-5-3-4-10(14(12)18)15(19)17-9-6-7-11(16)13(8-9)21-2/h3-8,18H,1-2H3,(H,17,19). The number of anilines is 1. The molecule has 6 heteroatoms. The number of rotatable bonds is 4. The second-order valence-corrected chi connectivity index (χ2v) is 4.16. The van der Waals surface area contributed by atoms with E-state index >= 15 is 0 Å². The minimum Gasteiger partial charge on any atom is -0.504 e. The minimum absolute atomic E-state index is 0.0164. The number of phenolic OH excluding ortho intramolecular Hbond substituents is 1. The lowest BCUT2D eigenvalue weighted by Gasteiger charge is -2.10. The van der Waals surface area contributed by atoms with Gasteiger partial charge in [-0.15, -0.1) is 0 Å². The molecule has 0 bridgehead atoms. The van der Waals surface area contributed by atoms with Crippen molar-refractivity contribution in [2.75, 3.05) is 19.5 Å². The Morgan fingerprint density at radius 2 is 1.86 bits per heavy atom. The quantitative estimate of drug-likeness (QED) is 0.909. The number of nitrogens with one attached hydrogen (secondary N) is 1. The largest absolute Gasteiger partial charge is 0.504 e. The van der Waals surface area contributed by atoms with Crippen molar-refractivity contribution in [1.29, 1.82) is 0 Å². The molecule has 0 unspecified atom stereocenters. The maximum Gasteiger partial charge on any atom is 0.259 e. The monoisotopic (exact) mass is 291 g/mol. The van der Waals surface area contributed by atoms with Gasteiger partial charge in [0.15, 0.2) is 23.1 Å². The average molecular weight is 291 g/mol. The molecule has 1 amide bonds. The van der Waals surface area contributed by atoms with Crippen LogP contribution in [0.15, 0.2) is 36.4 Å². The van der Waals surface area contributed by atoms with Crippen LogP contribution in [0.2, 0.25) is 0 Å². The first-order valence-corrected chi connectivity index (χ1v) is 6.07. The molecule has 110 valence electrons. The van der Waals surface area contributed by atoms with Gasteiger partial charge in [-0.1, -0.05) is 6.07 Å². The third kappa shape index (κ3) is 3.05. The van der Waals surface area contributed by atoms with Gasteiger partial charge in [-0.3, -0.25) is 4.79 Å². The van der Waals surface area contributed by atoms with Crippen molar-refractivity contribution in [3.63, 3.8) is 0 Å². The van der Waals surface area contributed by atoms with Gasteiger partial charge in [0.05, 0.1) is 19.8 Å². The Hall–Kier alpha value is -2.76. The van der Waals surface area contributed by atoms with Crippen LogP contribution >= 0.6 is 0 Å². The molecule has 0 radical (unpaired) electrons. The van der Waals surface area contributed by atoms with Crippen molar-refractivity contribution in [3.8, 4) is 17.2 Å². The number of benzene rings is 2. The Morgan fingerprint density at radius 1 is 1.14 bits per heavy atom. The zero-order valence-corrected chi connectivity index (χ0v) is 11.5. The number of amides is 1. The van der Waals surface area contributed by atoms with Crippen molar-refractivity contribution in [3.05, 3.63) is 47.8 Å². The van der Waals surface area contributed by atoms with Crippen LogP contribution in [-0.4, -0.2) is 25.2 Å². The van der Waals surface area contributed by atoms with E-state index in [-0.39, 0.29) is 22.8 Å². The van der Waals surface area contributed by atoms with Gasteiger partial charge in [-0.05, 0) is 24.3 Å². The maximum atomic E-state index is 13.3. The van der Waals surface area contributed by atoms with Crippen LogP contribution in [0.4, 0.5) is 10.1 Å². The Labute approximate surface area is 120 Å². The van der Waals surface area contributed by atoms with Crippen molar-refractivity contribution in [1.82, 2.24) is 0 Å². The van der Waals surface area contributed by atoms with E-state index in [0.717, 1.165) is 0 Å². The van der Waals surface area contributed by atoms with E-state index in [9.17, 15) is 14.3 Å². The van der Waals surface area contributed by atoms with Crippen LogP contribution in [0, 0.1) is 5.82 Å². The molecule has 0 aliphatic carbocycles. The number of phenols is 1. The molecule has 0 saturated carbocycles. The van der Waals surface area contributed by atoms with E-state index in [0.29, 0.717) is 5.69 Å². The Bertz CT molecular complexity index is 673. The van der Waals surface area contributed by atoms with Crippen molar-refractivity contribution >= 4 is 11.6 Å². The SMILES string of the molecule is COc1cc(NC(=O)c2cccc(OC)c2O)ccc1F. The van der Waals surface area contributed by atoms with Crippen LogP contribution in [0.5, 0.6) is 17.2 Å². The van der Waals surface area contributed by atoms with Crippen LogP contribution in [-0.2, 0) is 0 Å². The zero-order valence-electron chi connectivity index (χ0n) is 11.5. The Morgan fingerprint density at radius 3 is 2.52 bits per heavy atom. The maximum absolute atomic E-state index is 13.3. The fraction of sp³-hybridized carbons (Fsp3) is 0.133. The normalized spacial score (nSPS) is 10.0. The van der Waals surface area contributed by atoms with Crippen LogP contribution in [0.25, 0.3) is 0 Å². The summed E-state index contributed by atoms with van der Waals surface area (Å²) in [6, 6.07) is 8.50. The topological polar surface area (TPSA) is 67.8 Å². The first kappa shape index (κ1) is 14.6. The van der Waals surface area contributed by atoms with E-state index < -0.39 is 11.7 Å². The molecule has 0 aliphatic rings. The van der Waals surface area contributed by atoms with Crippen LogP contribution in [0.3, 0.4) is 0 Å². The van der Waals surface area contributed by atoms with E-state index in [4.69, 9.17) is 9.47 Å². The number of aromatic hydroxyl groups is 1. The predicted molar refractivity (Wildman–Crippen MR) is 75.6 cm³/mol.